The van der Waals surface area contributed by atoms with Crippen LogP contribution in [0, 0.1) is 0 Å². The molecule has 0 radical (unpaired) electrons. The Morgan fingerprint density at radius 1 is 0.925 bits per heavy atom. The SMILES string of the molecule is CC(C)[Si]1(C(C)C)OC[C@H]2S[C@@H](n3ccc(=O)n(C(=O)c4ccccc4)c3=O)[C@H](O)[C@@H]2O[Si](C(C)C)(C(C)C)O1. The fourth-order valence-electron chi connectivity index (χ4n) is 5.95. The van der Waals surface area contributed by atoms with Crippen LogP contribution in [0.3, 0.4) is 0 Å². The van der Waals surface area contributed by atoms with Crippen LogP contribution in [-0.4, -0.2) is 61.3 Å². The van der Waals surface area contributed by atoms with Crippen molar-refractivity contribution in [3.63, 3.8) is 0 Å². The highest BCUT2D eigenvalue weighted by Gasteiger charge is 2.61. The third kappa shape index (κ3) is 5.27. The molecule has 0 spiro atoms. The summed E-state index contributed by atoms with van der Waals surface area (Å²) >= 11 is 1.39. The number of fused-ring (bicyclic) bond motifs is 1. The smallest absolute Gasteiger partial charge is 0.339 e. The van der Waals surface area contributed by atoms with Crippen molar-refractivity contribution in [2.75, 3.05) is 6.61 Å². The lowest BCUT2D eigenvalue weighted by atomic mass is 10.1. The molecule has 0 aliphatic carbocycles. The van der Waals surface area contributed by atoms with Crippen molar-refractivity contribution >= 4 is 34.8 Å². The molecule has 12 heteroatoms. The highest BCUT2D eigenvalue weighted by Crippen LogP contribution is 2.51. The van der Waals surface area contributed by atoms with Crippen molar-refractivity contribution in [3.05, 3.63) is 69.0 Å². The first-order valence-electron chi connectivity index (χ1n) is 14.1. The molecule has 0 amide bonds. The fraction of sp³-hybridized carbons (Fsp3) is 0.607. The highest BCUT2D eigenvalue weighted by molar-refractivity contribution is 8.00. The van der Waals surface area contributed by atoms with E-state index in [1.165, 1.54) is 28.6 Å². The predicted octanol–water partition coefficient (Wildman–Crippen LogP) is 4.63. The van der Waals surface area contributed by atoms with E-state index < -0.39 is 51.9 Å². The quantitative estimate of drug-likeness (QED) is 0.474. The molecule has 0 unspecified atom stereocenters. The Hall–Kier alpha value is -1.81. The lowest BCUT2D eigenvalue weighted by Gasteiger charge is -2.51. The highest BCUT2D eigenvalue weighted by atomic mass is 32.2. The number of rotatable bonds is 6. The number of aliphatic hydroxyl groups is 1. The first kappa shape index (κ1) is 31.1. The Labute approximate surface area is 242 Å². The van der Waals surface area contributed by atoms with E-state index in [0.717, 1.165) is 0 Å². The summed E-state index contributed by atoms with van der Waals surface area (Å²) in [5.74, 6) is -0.711. The Morgan fingerprint density at radius 3 is 2.05 bits per heavy atom. The van der Waals surface area contributed by atoms with Gasteiger partial charge in [0.1, 0.15) is 11.5 Å². The van der Waals surface area contributed by atoms with Gasteiger partial charge in [-0.05, 0) is 34.3 Å². The first-order chi connectivity index (χ1) is 18.8. The molecular formula is C28H42N2O7SSi2. The normalized spacial score (nSPS) is 26.2. The van der Waals surface area contributed by atoms with Gasteiger partial charge in [-0.3, -0.25) is 14.2 Å². The van der Waals surface area contributed by atoms with Crippen LogP contribution in [0.4, 0.5) is 0 Å². The van der Waals surface area contributed by atoms with Crippen molar-refractivity contribution in [2.24, 2.45) is 0 Å². The van der Waals surface area contributed by atoms with Gasteiger partial charge in [0.15, 0.2) is 0 Å². The van der Waals surface area contributed by atoms with Crippen LogP contribution in [0.25, 0.3) is 0 Å². The lowest BCUT2D eigenvalue weighted by molar-refractivity contribution is -0.00924. The standard InChI is InChI=1S/C28H42N2O7SSi2/c1-17(2)39(18(3)4)35-16-22-25(36-40(37-39,19(5)6)20(7)8)24(32)27(38-22)29-15-14-23(31)30(28(29)34)26(33)21-12-10-9-11-13-21/h9-15,17-20,22,24-25,27,32H,16H2,1-8H3/t22-,24-,25-,27-/m1/s1. The fourth-order valence-corrected chi connectivity index (χ4v) is 18.9. The number of aromatic nitrogens is 2. The molecule has 1 N–H and O–H groups in total. The van der Waals surface area contributed by atoms with Gasteiger partial charge in [-0.25, -0.2) is 4.79 Å². The molecule has 1 aromatic heterocycles. The number of hydrogen-bond acceptors (Lipinski definition) is 8. The average molecular weight is 607 g/mol. The third-order valence-electron chi connectivity index (χ3n) is 8.15. The molecule has 4 rings (SSSR count). The number of carbonyl (C=O) groups is 1. The van der Waals surface area contributed by atoms with Crippen molar-refractivity contribution in [3.8, 4) is 0 Å². The molecule has 3 heterocycles. The number of carbonyl (C=O) groups excluding carboxylic acids is 1. The van der Waals surface area contributed by atoms with E-state index in [4.69, 9.17) is 13.0 Å². The molecule has 220 valence electrons. The molecule has 40 heavy (non-hydrogen) atoms. The maximum Gasteiger partial charge on any atom is 0.339 e. The summed E-state index contributed by atoms with van der Waals surface area (Å²) < 4.78 is 22.9. The number of hydrogen-bond donors (Lipinski definition) is 1. The molecule has 2 fully saturated rings. The van der Waals surface area contributed by atoms with Gasteiger partial charge in [-0.15, -0.1) is 11.8 Å². The van der Waals surface area contributed by atoms with Gasteiger partial charge >= 0.3 is 22.8 Å². The van der Waals surface area contributed by atoms with Gasteiger partial charge in [-0.2, -0.15) is 4.57 Å². The molecule has 2 aromatic rings. The molecule has 1 aromatic carbocycles. The van der Waals surface area contributed by atoms with Crippen LogP contribution in [0.2, 0.25) is 22.2 Å². The first-order valence-corrected chi connectivity index (χ1v) is 18.9. The summed E-state index contributed by atoms with van der Waals surface area (Å²) in [5, 5.41) is 10.6. The second-order valence-electron chi connectivity index (χ2n) is 12.0. The molecule has 0 bridgehead atoms. The van der Waals surface area contributed by atoms with E-state index in [0.29, 0.717) is 11.2 Å². The minimum Gasteiger partial charge on any atom is -0.414 e. The van der Waals surface area contributed by atoms with Crippen LogP contribution in [0.5, 0.6) is 0 Å². The lowest BCUT2D eigenvalue weighted by Crippen LogP contribution is -2.65. The van der Waals surface area contributed by atoms with Crippen molar-refractivity contribution < 1.29 is 22.9 Å². The Kier molecular flexibility index (Phi) is 9.20. The minimum atomic E-state index is -2.97. The maximum atomic E-state index is 13.6. The molecular weight excluding hydrogens is 565 g/mol. The summed E-state index contributed by atoms with van der Waals surface area (Å²) in [6.45, 7) is 17.4. The number of thioether (sulfide) groups is 1. The van der Waals surface area contributed by atoms with Crippen LogP contribution in [-0.2, 0) is 13.0 Å². The second-order valence-corrected chi connectivity index (χ2v) is 22.2. The summed E-state index contributed by atoms with van der Waals surface area (Å²) in [5.41, 5.74) is -0.760. The zero-order valence-corrected chi connectivity index (χ0v) is 27.4. The van der Waals surface area contributed by atoms with Crippen LogP contribution >= 0.6 is 11.8 Å². The van der Waals surface area contributed by atoms with E-state index in [-0.39, 0.29) is 33.0 Å². The van der Waals surface area contributed by atoms with Gasteiger partial charge in [0, 0.05) is 17.8 Å². The van der Waals surface area contributed by atoms with Crippen LogP contribution in [0.15, 0.2) is 52.2 Å². The van der Waals surface area contributed by atoms with Gasteiger partial charge in [0.05, 0.1) is 18.0 Å². The largest absolute Gasteiger partial charge is 0.414 e. The van der Waals surface area contributed by atoms with Gasteiger partial charge in [-0.1, -0.05) is 73.6 Å². The minimum absolute atomic E-state index is 0.0867. The molecule has 2 aliphatic heterocycles. The third-order valence-corrected chi connectivity index (χ3v) is 19.9. The topological polar surface area (TPSA) is 109 Å². The van der Waals surface area contributed by atoms with E-state index in [9.17, 15) is 19.5 Å². The number of nitrogens with zero attached hydrogens (tertiary/aromatic N) is 2. The average Bonchev–Trinajstić information content (AvgIpc) is 3.17. The predicted molar refractivity (Wildman–Crippen MR) is 161 cm³/mol. The molecule has 4 atom stereocenters. The zero-order chi connectivity index (χ0) is 29.6. The van der Waals surface area contributed by atoms with E-state index in [1.54, 1.807) is 30.3 Å². The van der Waals surface area contributed by atoms with Crippen LogP contribution in [0.1, 0.15) is 71.1 Å². The summed E-state index contributed by atoms with van der Waals surface area (Å²) in [7, 11) is -5.73. The number of aliphatic hydroxyl groups excluding tert-OH is 1. The van der Waals surface area contributed by atoms with E-state index >= 15 is 0 Å². The Balaban J connectivity index is 1.78. The van der Waals surface area contributed by atoms with Crippen molar-refractivity contribution in [2.45, 2.75) is 100 Å². The second kappa shape index (κ2) is 11.8. The number of benzene rings is 1. The summed E-state index contributed by atoms with van der Waals surface area (Å²) in [4.78, 5) is 39.4. The molecule has 9 nitrogen and oxygen atoms in total. The Bertz CT molecular complexity index is 1310. The zero-order valence-electron chi connectivity index (χ0n) is 24.6. The molecule has 0 saturated carbocycles. The summed E-state index contributed by atoms with van der Waals surface area (Å²) in [6, 6.07) is 9.39. The molecule has 2 saturated heterocycles. The van der Waals surface area contributed by atoms with Crippen molar-refractivity contribution in [1.29, 1.82) is 0 Å². The Morgan fingerprint density at radius 2 is 1.50 bits per heavy atom. The van der Waals surface area contributed by atoms with Crippen LogP contribution < -0.4 is 11.2 Å². The molecule has 2 aliphatic rings. The van der Waals surface area contributed by atoms with Gasteiger partial charge in [0.2, 0.25) is 0 Å². The van der Waals surface area contributed by atoms with Gasteiger partial charge < -0.3 is 18.1 Å². The monoisotopic (exact) mass is 606 g/mol. The van der Waals surface area contributed by atoms with Crippen molar-refractivity contribution in [1.82, 2.24) is 9.13 Å². The van der Waals surface area contributed by atoms with E-state index in [1.807, 2.05) is 0 Å². The summed E-state index contributed by atoms with van der Waals surface area (Å²) in [6.07, 6.45) is -0.377. The van der Waals surface area contributed by atoms with E-state index in [2.05, 4.69) is 55.4 Å². The maximum absolute atomic E-state index is 13.6. The van der Waals surface area contributed by atoms with Gasteiger partial charge in [0.25, 0.3) is 11.5 Å².